The molecule has 0 aliphatic carbocycles. The van der Waals surface area contributed by atoms with Crippen LogP contribution in [0, 0.1) is 24.4 Å². The minimum absolute atomic E-state index is 0.00977. The van der Waals surface area contributed by atoms with Crippen LogP contribution in [0.25, 0.3) is 22.3 Å². The number of hydrogen-bond acceptors (Lipinski definition) is 11. The first-order valence-corrected chi connectivity index (χ1v) is 18.7. The molecule has 0 bridgehead atoms. The number of benzene rings is 2. The molecule has 4 amide bonds. The van der Waals surface area contributed by atoms with E-state index in [0.29, 0.717) is 30.2 Å². The minimum atomic E-state index is -1.17. The van der Waals surface area contributed by atoms with Crippen LogP contribution in [-0.2, 0) is 16.1 Å². The van der Waals surface area contributed by atoms with Crippen LogP contribution in [0.4, 0.5) is 30.6 Å². The van der Waals surface area contributed by atoms with Gasteiger partial charge in [0.2, 0.25) is 17.8 Å². The zero-order valence-electron chi connectivity index (χ0n) is 31.6. The Morgan fingerprint density at radius 2 is 1.70 bits per heavy atom. The van der Waals surface area contributed by atoms with Crippen molar-refractivity contribution >= 4 is 52.1 Å². The number of aromatic nitrogens is 5. The molecule has 5 aromatic rings. The van der Waals surface area contributed by atoms with Crippen molar-refractivity contribution in [2.45, 2.75) is 71.1 Å². The standard InChI is InChI=1S/C40H39F3N10O4/c1-20(2)52-21(3)46-36-27(41)15-23(16-30(36)52)35-28(42)18-45-40(49-35)47-31-9-6-25(17-44-31)51-13-11-24(12-14-51)50(4)19-22-5-7-26-33(34(22)43)39(57)53(38(26)56)29-8-10-32(54)48-37(29)55/h5-7,9,15-18,20,24,29H,8,10-14,19H2,1-4H3,(H,48,54,55)(H,44,45,47,49). The van der Waals surface area contributed by atoms with Crippen LogP contribution in [0.5, 0.6) is 0 Å². The predicted octanol–water partition coefficient (Wildman–Crippen LogP) is 5.44. The van der Waals surface area contributed by atoms with Gasteiger partial charge in [-0.2, -0.15) is 0 Å². The largest absolute Gasteiger partial charge is 0.370 e. The second-order valence-electron chi connectivity index (χ2n) is 14.9. The molecule has 14 nitrogen and oxygen atoms in total. The van der Waals surface area contributed by atoms with Crippen LogP contribution in [-0.4, -0.2) is 90.2 Å². The molecule has 0 radical (unpaired) electrons. The van der Waals surface area contributed by atoms with Gasteiger partial charge < -0.3 is 14.8 Å². The number of imide groups is 2. The van der Waals surface area contributed by atoms with Gasteiger partial charge in [0, 0.05) is 49.3 Å². The lowest BCUT2D eigenvalue weighted by Gasteiger charge is -2.37. The topological polar surface area (TPSA) is 159 Å². The van der Waals surface area contributed by atoms with E-state index in [1.54, 1.807) is 25.3 Å². The van der Waals surface area contributed by atoms with Crippen molar-refractivity contribution in [1.82, 2.24) is 39.6 Å². The summed E-state index contributed by atoms with van der Waals surface area (Å²) in [5.74, 6) is -3.75. The minimum Gasteiger partial charge on any atom is -0.370 e. The Hall–Kier alpha value is -6.23. The van der Waals surface area contributed by atoms with Gasteiger partial charge in [0.25, 0.3) is 11.8 Å². The number of imidazole rings is 1. The monoisotopic (exact) mass is 780 g/mol. The van der Waals surface area contributed by atoms with E-state index in [-0.39, 0.29) is 70.9 Å². The molecule has 57 heavy (non-hydrogen) atoms. The molecule has 0 saturated carbocycles. The first kappa shape index (κ1) is 37.7. The van der Waals surface area contributed by atoms with Crippen molar-refractivity contribution in [1.29, 1.82) is 0 Å². The fourth-order valence-electron chi connectivity index (χ4n) is 8.09. The molecule has 2 N–H and O–H groups in total. The maximum absolute atomic E-state index is 15.9. The van der Waals surface area contributed by atoms with Gasteiger partial charge in [0.15, 0.2) is 11.6 Å². The fraction of sp³-hybridized carbons (Fsp3) is 0.350. The third-order valence-electron chi connectivity index (χ3n) is 10.9. The van der Waals surface area contributed by atoms with Gasteiger partial charge in [-0.25, -0.2) is 33.1 Å². The van der Waals surface area contributed by atoms with E-state index in [2.05, 4.69) is 35.5 Å². The Kier molecular flexibility index (Phi) is 9.71. The number of piperidine rings is 2. The number of pyridine rings is 1. The number of rotatable bonds is 9. The number of anilines is 3. The molecule has 294 valence electrons. The number of carbonyl (C=O) groups is 4. The molecule has 17 heteroatoms. The Balaban J connectivity index is 0.892. The Morgan fingerprint density at radius 1 is 0.930 bits per heavy atom. The molecule has 8 rings (SSSR count). The molecule has 3 aromatic heterocycles. The number of halogens is 3. The summed E-state index contributed by atoms with van der Waals surface area (Å²) in [5.41, 5.74) is 1.65. The van der Waals surface area contributed by atoms with Crippen molar-refractivity contribution < 1.29 is 32.3 Å². The highest BCUT2D eigenvalue weighted by molar-refractivity contribution is 6.23. The summed E-state index contributed by atoms with van der Waals surface area (Å²) in [5, 5.41) is 5.15. The summed E-state index contributed by atoms with van der Waals surface area (Å²) in [6.45, 7) is 7.33. The number of carbonyl (C=O) groups excluding carboxylic acids is 4. The molecule has 6 heterocycles. The molecular weight excluding hydrogens is 741 g/mol. The fourth-order valence-corrected chi connectivity index (χ4v) is 8.09. The molecule has 2 aromatic carbocycles. The SMILES string of the molecule is Cc1nc2c(F)cc(-c3nc(Nc4ccc(N5CCC(N(C)Cc6ccc7c(c6F)C(=O)N(C6CCC(=O)NC6=O)C7=O)CC5)cn4)ncc3F)cc2n1C(C)C. The molecular formula is C40H39F3N10O4. The maximum atomic E-state index is 15.9. The highest BCUT2D eigenvalue weighted by Gasteiger charge is 2.46. The summed E-state index contributed by atoms with van der Waals surface area (Å²) in [6.07, 6.45) is 4.24. The Morgan fingerprint density at radius 3 is 2.40 bits per heavy atom. The maximum Gasteiger partial charge on any atom is 0.265 e. The first-order valence-electron chi connectivity index (χ1n) is 18.7. The summed E-state index contributed by atoms with van der Waals surface area (Å²) < 4.78 is 47.9. The number of hydrogen-bond donors (Lipinski definition) is 2. The third kappa shape index (κ3) is 6.85. The van der Waals surface area contributed by atoms with E-state index < -0.39 is 47.1 Å². The van der Waals surface area contributed by atoms with Crippen LogP contribution in [0.1, 0.15) is 77.7 Å². The van der Waals surface area contributed by atoms with Crippen LogP contribution in [0.15, 0.2) is 48.8 Å². The summed E-state index contributed by atoms with van der Waals surface area (Å²) >= 11 is 0. The average molecular weight is 781 g/mol. The quantitative estimate of drug-likeness (QED) is 0.184. The van der Waals surface area contributed by atoms with Gasteiger partial charge in [0.1, 0.15) is 34.7 Å². The van der Waals surface area contributed by atoms with Crippen molar-refractivity contribution in [3.63, 3.8) is 0 Å². The van der Waals surface area contributed by atoms with Gasteiger partial charge in [-0.3, -0.25) is 34.3 Å². The van der Waals surface area contributed by atoms with Gasteiger partial charge in [-0.15, -0.1) is 0 Å². The lowest BCUT2D eigenvalue weighted by molar-refractivity contribution is -0.136. The van der Waals surface area contributed by atoms with Crippen molar-refractivity contribution in [3.8, 4) is 11.3 Å². The van der Waals surface area contributed by atoms with Crippen LogP contribution in [0.3, 0.4) is 0 Å². The van der Waals surface area contributed by atoms with Crippen molar-refractivity contribution in [3.05, 3.63) is 88.8 Å². The molecule has 1 atom stereocenters. The van der Waals surface area contributed by atoms with Gasteiger partial charge in [-0.1, -0.05) is 6.07 Å². The average Bonchev–Trinajstić information content (AvgIpc) is 3.66. The van der Waals surface area contributed by atoms with Crippen LogP contribution < -0.4 is 15.5 Å². The Labute approximate surface area is 325 Å². The highest BCUT2D eigenvalue weighted by Crippen LogP contribution is 2.33. The van der Waals surface area contributed by atoms with Crippen LogP contribution in [0.2, 0.25) is 0 Å². The smallest absolute Gasteiger partial charge is 0.265 e. The van der Waals surface area contributed by atoms with Gasteiger partial charge >= 0.3 is 0 Å². The van der Waals surface area contributed by atoms with E-state index in [4.69, 9.17) is 0 Å². The number of nitrogens with one attached hydrogen (secondary N) is 2. The highest BCUT2D eigenvalue weighted by atomic mass is 19.1. The number of amides is 4. The zero-order chi connectivity index (χ0) is 40.3. The van der Waals surface area contributed by atoms with E-state index in [9.17, 15) is 19.2 Å². The van der Waals surface area contributed by atoms with Gasteiger partial charge in [-0.05, 0) is 77.4 Å². The first-order chi connectivity index (χ1) is 27.3. The van der Waals surface area contributed by atoms with Crippen molar-refractivity contribution in [2.75, 3.05) is 30.4 Å². The summed E-state index contributed by atoms with van der Waals surface area (Å²) in [6, 6.07) is 8.44. The molecule has 3 aliphatic rings. The van der Waals surface area contributed by atoms with Crippen molar-refractivity contribution in [2.24, 2.45) is 0 Å². The van der Waals surface area contributed by atoms with E-state index >= 15 is 13.2 Å². The second-order valence-corrected chi connectivity index (χ2v) is 14.9. The van der Waals surface area contributed by atoms with Crippen LogP contribution >= 0.6 is 0 Å². The van der Waals surface area contributed by atoms with E-state index in [1.807, 2.05) is 36.4 Å². The van der Waals surface area contributed by atoms with E-state index in [1.165, 1.54) is 18.2 Å². The number of aryl methyl sites for hydroxylation is 1. The molecule has 2 saturated heterocycles. The lowest BCUT2D eigenvalue weighted by Crippen LogP contribution is -2.54. The second kappa shape index (κ2) is 14.7. The molecule has 1 unspecified atom stereocenters. The van der Waals surface area contributed by atoms with Gasteiger partial charge in [0.05, 0.1) is 34.7 Å². The Bertz CT molecular complexity index is 2460. The summed E-state index contributed by atoms with van der Waals surface area (Å²) in [7, 11) is 1.89. The van der Waals surface area contributed by atoms with E-state index in [0.717, 1.165) is 29.6 Å². The lowest BCUT2D eigenvalue weighted by atomic mass is 10.0. The third-order valence-corrected chi connectivity index (χ3v) is 10.9. The molecule has 2 fully saturated rings. The summed E-state index contributed by atoms with van der Waals surface area (Å²) in [4.78, 5) is 72.6. The molecule has 3 aliphatic heterocycles. The zero-order valence-corrected chi connectivity index (χ0v) is 31.6. The molecule has 0 spiro atoms. The predicted molar refractivity (Wildman–Crippen MR) is 203 cm³/mol. The normalized spacial score (nSPS) is 17.7. The number of fused-ring (bicyclic) bond motifs is 2. The number of nitrogens with zero attached hydrogens (tertiary/aromatic N) is 8.